The van der Waals surface area contributed by atoms with Gasteiger partial charge in [-0.3, -0.25) is 9.59 Å². The van der Waals surface area contributed by atoms with Crippen LogP contribution in [0.2, 0.25) is 0 Å². The van der Waals surface area contributed by atoms with Crippen molar-refractivity contribution >= 4 is 11.8 Å². The van der Waals surface area contributed by atoms with Gasteiger partial charge in [-0.2, -0.15) is 0 Å². The summed E-state index contributed by atoms with van der Waals surface area (Å²) in [7, 11) is 0. The Balaban J connectivity index is 2.51. The van der Waals surface area contributed by atoms with Crippen LogP contribution in [0.15, 0.2) is 24.3 Å². The van der Waals surface area contributed by atoms with E-state index in [1.165, 1.54) is 6.08 Å². The van der Waals surface area contributed by atoms with Crippen LogP contribution < -0.4 is 0 Å². The lowest BCUT2D eigenvalue weighted by atomic mass is 10.1. The molecular weight excluding hydrogens is 168 g/mol. The number of hydrogen-bond donors (Lipinski definition) is 0. The number of allylic oxidation sites excluding steroid dienone is 2. The Bertz CT molecular complexity index is 276. The van der Waals surface area contributed by atoms with Crippen LogP contribution in [0.5, 0.6) is 0 Å². The van der Waals surface area contributed by atoms with Gasteiger partial charge in [0, 0.05) is 0 Å². The molecule has 0 amide bonds. The highest BCUT2D eigenvalue weighted by Crippen LogP contribution is 2.21. The molecular formula is C10H12O3. The highest BCUT2D eigenvalue weighted by Gasteiger charge is 2.31. The van der Waals surface area contributed by atoms with Crippen LogP contribution in [-0.4, -0.2) is 18.4 Å². The average molecular weight is 180 g/mol. The summed E-state index contributed by atoms with van der Waals surface area (Å²) < 4.78 is 4.78. The van der Waals surface area contributed by atoms with Crippen molar-refractivity contribution < 1.29 is 14.3 Å². The van der Waals surface area contributed by atoms with Crippen LogP contribution in [0.25, 0.3) is 0 Å². The summed E-state index contributed by atoms with van der Waals surface area (Å²) in [6.07, 6.45) is 3.72. The fraction of sp³-hybridized carbons (Fsp3) is 0.400. The molecule has 0 N–H and O–H groups in total. The molecule has 0 aromatic carbocycles. The van der Waals surface area contributed by atoms with Gasteiger partial charge in [0.2, 0.25) is 0 Å². The summed E-state index contributed by atoms with van der Waals surface area (Å²) in [5, 5.41) is 0. The molecule has 0 spiro atoms. The molecule has 3 heteroatoms. The first-order valence-corrected chi connectivity index (χ1v) is 4.15. The van der Waals surface area contributed by atoms with Crippen molar-refractivity contribution in [2.24, 2.45) is 5.92 Å². The van der Waals surface area contributed by atoms with Gasteiger partial charge in [-0.25, -0.2) is 0 Å². The predicted molar refractivity (Wildman–Crippen MR) is 48.0 cm³/mol. The Hall–Kier alpha value is -1.38. The zero-order chi connectivity index (χ0) is 9.84. The fourth-order valence-electron chi connectivity index (χ4n) is 1.22. The van der Waals surface area contributed by atoms with Crippen LogP contribution in [0.3, 0.4) is 0 Å². The second-order valence-corrected chi connectivity index (χ2v) is 2.96. The molecule has 3 nitrogen and oxygen atoms in total. The van der Waals surface area contributed by atoms with Gasteiger partial charge in [0.1, 0.15) is 12.5 Å². The molecule has 0 saturated carbocycles. The second kappa shape index (κ2) is 4.03. The largest absolute Gasteiger partial charge is 0.461 e. The molecule has 0 saturated heterocycles. The molecule has 1 unspecified atom stereocenters. The molecule has 70 valence electrons. The van der Waals surface area contributed by atoms with Gasteiger partial charge in [0.05, 0.1) is 0 Å². The molecule has 0 radical (unpaired) electrons. The molecule has 0 heterocycles. The highest BCUT2D eigenvalue weighted by molar-refractivity contribution is 6.10. The maximum Gasteiger partial charge on any atom is 0.317 e. The van der Waals surface area contributed by atoms with Crippen molar-refractivity contribution in [1.82, 2.24) is 0 Å². The van der Waals surface area contributed by atoms with E-state index in [1.54, 1.807) is 13.0 Å². The number of Topliss-reactive ketones (excluding diaryl/α,β-unsaturated/α-hetero) is 1. The summed E-state index contributed by atoms with van der Waals surface area (Å²) >= 11 is 0. The van der Waals surface area contributed by atoms with Crippen molar-refractivity contribution in [3.05, 3.63) is 24.3 Å². The van der Waals surface area contributed by atoms with Crippen molar-refractivity contribution in [2.45, 2.75) is 13.3 Å². The Morgan fingerprint density at radius 1 is 1.85 bits per heavy atom. The van der Waals surface area contributed by atoms with Gasteiger partial charge >= 0.3 is 5.97 Å². The van der Waals surface area contributed by atoms with E-state index < -0.39 is 11.9 Å². The Morgan fingerprint density at radius 3 is 3.00 bits per heavy atom. The van der Waals surface area contributed by atoms with Crippen LogP contribution in [0, 0.1) is 5.92 Å². The van der Waals surface area contributed by atoms with E-state index in [2.05, 4.69) is 6.58 Å². The zero-order valence-corrected chi connectivity index (χ0v) is 7.58. The molecule has 13 heavy (non-hydrogen) atoms. The number of carbonyl (C=O) groups excluding carboxylic acids is 2. The lowest BCUT2D eigenvalue weighted by molar-refractivity contribution is -0.149. The third-order valence-corrected chi connectivity index (χ3v) is 1.99. The molecule has 1 atom stereocenters. The van der Waals surface area contributed by atoms with Crippen molar-refractivity contribution in [1.29, 1.82) is 0 Å². The first-order valence-electron chi connectivity index (χ1n) is 4.15. The monoisotopic (exact) mass is 180 g/mol. The second-order valence-electron chi connectivity index (χ2n) is 2.96. The maximum absolute atomic E-state index is 11.3. The van der Waals surface area contributed by atoms with E-state index >= 15 is 0 Å². The summed E-state index contributed by atoms with van der Waals surface area (Å²) in [6.45, 7) is 5.30. The smallest absolute Gasteiger partial charge is 0.317 e. The number of ketones is 1. The minimum Gasteiger partial charge on any atom is -0.461 e. The predicted octanol–water partition coefficient (Wildman–Crippen LogP) is 1.25. The van der Waals surface area contributed by atoms with Gasteiger partial charge in [-0.05, 0) is 18.9 Å². The minimum atomic E-state index is -0.611. The van der Waals surface area contributed by atoms with Gasteiger partial charge in [-0.15, -0.1) is 0 Å². The third kappa shape index (κ3) is 2.05. The number of esters is 1. The number of ether oxygens (including phenoxy) is 1. The highest BCUT2D eigenvalue weighted by atomic mass is 16.5. The first-order chi connectivity index (χ1) is 6.16. The van der Waals surface area contributed by atoms with Gasteiger partial charge < -0.3 is 4.74 Å². The molecule has 0 aliphatic heterocycles. The maximum atomic E-state index is 11.3. The lowest BCUT2D eigenvalue weighted by Gasteiger charge is -2.06. The van der Waals surface area contributed by atoms with E-state index in [-0.39, 0.29) is 12.4 Å². The van der Waals surface area contributed by atoms with Gasteiger partial charge in [0.15, 0.2) is 5.78 Å². The van der Waals surface area contributed by atoms with E-state index in [4.69, 9.17) is 4.74 Å². The SMILES string of the molecule is C=CCOC(=O)C1CC=C(C)C1=O. The Labute approximate surface area is 77.1 Å². The van der Waals surface area contributed by atoms with E-state index in [0.29, 0.717) is 12.0 Å². The third-order valence-electron chi connectivity index (χ3n) is 1.99. The summed E-state index contributed by atoms with van der Waals surface area (Å²) in [6, 6.07) is 0. The van der Waals surface area contributed by atoms with Crippen molar-refractivity contribution in [3.8, 4) is 0 Å². The van der Waals surface area contributed by atoms with Crippen molar-refractivity contribution in [3.63, 3.8) is 0 Å². The Morgan fingerprint density at radius 2 is 2.54 bits per heavy atom. The normalized spacial score (nSPS) is 21.2. The van der Waals surface area contributed by atoms with Crippen LogP contribution in [-0.2, 0) is 14.3 Å². The van der Waals surface area contributed by atoms with Gasteiger partial charge in [0.25, 0.3) is 0 Å². The molecule has 1 rings (SSSR count). The van der Waals surface area contributed by atoms with Crippen molar-refractivity contribution in [2.75, 3.05) is 6.61 Å². The Kier molecular flexibility index (Phi) is 3.01. The molecule has 1 aliphatic rings. The van der Waals surface area contributed by atoms with E-state index in [1.807, 2.05) is 0 Å². The molecule has 1 aliphatic carbocycles. The van der Waals surface area contributed by atoms with Crippen LogP contribution in [0.4, 0.5) is 0 Å². The minimum absolute atomic E-state index is 0.117. The number of rotatable bonds is 3. The first kappa shape index (κ1) is 9.71. The van der Waals surface area contributed by atoms with Crippen LogP contribution >= 0.6 is 0 Å². The number of hydrogen-bond acceptors (Lipinski definition) is 3. The molecule has 0 bridgehead atoms. The van der Waals surface area contributed by atoms with E-state index in [0.717, 1.165) is 0 Å². The number of carbonyl (C=O) groups is 2. The van der Waals surface area contributed by atoms with Crippen LogP contribution in [0.1, 0.15) is 13.3 Å². The standard InChI is InChI=1S/C10H12O3/c1-3-6-13-10(12)8-5-4-7(2)9(8)11/h3-4,8H,1,5-6H2,2H3. The van der Waals surface area contributed by atoms with E-state index in [9.17, 15) is 9.59 Å². The zero-order valence-electron chi connectivity index (χ0n) is 7.58. The summed E-state index contributed by atoms with van der Waals surface area (Å²) in [4.78, 5) is 22.6. The fourth-order valence-corrected chi connectivity index (χ4v) is 1.22. The van der Waals surface area contributed by atoms with Gasteiger partial charge in [-0.1, -0.05) is 18.7 Å². The summed E-state index contributed by atoms with van der Waals surface area (Å²) in [5.41, 5.74) is 0.653. The molecule has 0 aromatic heterocycles. The lowest BCUT2D eigenvalue weighted by Crippen LogP contribution is -2.22. The summed E-state index contributed by atoms with van der Waals surface area (Å²) in [5.74, 6) is -1.17. The molecule has 0 fully saturated rings. The quantitative estimate of drug-likeness (QED) is 0.373. The average Bonchev–Trinajstić information content (AvgIpc) is 2.44. The molecule has 0 aromatic rings. The topological polar surface area (TPSA) is 43.4 Å².